The Morgan fingerprint density at radius 1 is 0.193 bits per heavy atom. The van der Waals surface area contributed by atoms with Crippen LogP contribution in [0.15, 0.2) is 304 Å². The zero-order valence-corrected chi connectivity index (χ0v) is 47.6. The molecule has 6 heteroatoms. The predicted molar refractivity (Wildman–Crippen MR) is 365 cm³/mol. The highest BCUT2D eigenvalue weighted by atomic mass is 14.9. The second kappa shape index (κ2) is 21.0. The normalized spacial score (nSPS) is 11.6. The topological polar surface area (TPSA) is 77.3 Å². The van der Waals surface area contributed by atoms with Gasteiger partial charge < -0.3 is 0 Å². The van der Waals surface area contributed by atoms with Gasteiger partial charge in [-0.05, 0) is 137 Å². The highest BCUT2D eigenvalue weighted by Gasteiger charge is 2.18. The van der Waals surface area contributed by atoms with Crippen LogP contribution in [0.2, 0.25) is 0 Å². The summed E-state index contributed by atoms with van der Waals surface area (Å²) in [5.41, 5.74) is 16.8. The van der Waals surface area contributed by atoms with E-state index >= 15 is 0 Å². The molecule has 4 heterocycles. The summed E-state index contributed by atoms with van der Waals surface area (Å²) >= 11 is 0. The van der Waals surface area contributed by atoms with Gasteiger partial charge in [-0.1, -0.05) is 231 Å². The van der Waals surface area contributed by atoms with E-state index in [9.17, 15) is 0 Å². The van der Waals surface area contributed by atoms with Crippen LogP contribution in [0.25, 0.3) is 177 Å². The van der Waals surface area contributed by atoms with Crippen molar-refractivity contribution in [2.24, 2.45) is 0 Å². The minimum atomic E-state index is 0.662. The summed E-state index contributed by atoms with van der Waals surface area (Å²) in [6.45, 7) is 0. The molecule has 17 aromatic rings. The van der Waals surface area contributed by atoms with Crippen molar-refractivity contribution in [3.8, 4) is 101 Å². The molecule has 0 unspecified atom stereocenters. The van der Waals surface area contributed by atoms with Crippen LogP contribution in [0.5, 0.6) is 0 Å². The number of fused-ring (bicyclic) bond motifs is 8. The zero-order chi connectivity index (χ0) is 58.1. The fraction of sp³-hybridized carbons (Fsp3) is 0. The van der Waals surface area contributed by atoms with E-state index in [2.05, 4.69) is 285 Å². The second-order valence-electron chi connectivity index (χ2n) is 22.7. The molecule has 0 spiro atoms. The summed E-state index contributed by atoms with van der Waals surface area (Å²) in [6, 6.07) is 103. The van der Waals surface area contributed by atoms with Gasteiger partial charge in [0.05, 0.1) is 34.0 Å². The molecule has 0 aliphatic heterocycles. The molecule has 0 atom stereocenters. The maximum atomic E-state index is 5.35. The van der Waals surface area contributed by atoms with Gasteiger partial charge >= 0.3 is 0 Å². The standard InChI is InChI=1S/C82H50N6/c1-3-13-58-42-65(36-22-51(58)11-1)76-48-77(86-81(85-76)56-28-24-53(25-29-56)71-21-9-16-55-17-10-40-83-80(55)71)67-38-34-61-41-60(32-33-62(61)44-67)63-35-39-68-50-84-75(47-69(68)45-63)54-26-30-57(31-27-54)82-87-78(66-37-23-52-12-2-4-14-59(52)43-66)49-79(88-82)74-46-64-15-5-6-18-70(64)72-19-7-8-20-73(72)74/h1-50H. The molecule has 13 aromatic carbocycles. The molecule has 0 N–H and O–H groups in total. The van der Waals surface area contributed by atoms with Gasteiger partial charge in [-0.25, -0.2) is 19.9 Å². The fourth-order valence-corrected chi connectivity index (χ4v) is 12.7. The van der Waals surface area contributed by atoms with Gasteiger partial charge in [-0.2, -0.15) is 0 Å². The molecule has 0 fully saturated rings. The van der Waals surface area contributed by atoms with E-state index in [0.29, 0.717) is 11.6 Å². The Balaban J connectivity index is 0.684. The number of hydrogen-bond acceptors (Lipinski definition) is 6. The first-order valence-electron chi connectivity index (χ1n) is 29.7. The van der Waals surface area contributed by atoms with Crippen LogP contribution in [-0.2, 0) is 0 Å². The molecular weight excluding hydrogens is 1070 g/mol. The number of benzene rings is 13. The van der Waals surface area contributed by atoms with Crippen LogP contribution in [0, 0.1) is 0 Å². The Hall–Kier alpha value is -11.9. The van der Waals surface area contributed by atoms with Gasteiger partial charge in [0.1, 0.15) is 0 Å². The summed E-state index contributed by atoms with van der Waals surface area (Å²) in [6.07, 6.45) is 3.83. The molecule has 0 aliphatic carbocycles. The predicted octanol–water partition coefficient (Wildman–Crippen LogP) is 21.1. The van der Waals surface area contributed by atoms with E-state index in [1.807, 2.05) is 18.5 Å². The molecule has 0 amide bonds. The van der Waals surface area contributed by atoms with E-state index in [0.717, 1.165) is 128 Å². The van der Waals surface area contributed by atoms with Gasteiger partial charge in [-0.3, -0.25) is 9.97 Å². The molecule has 0 saturated heterocycles. The largest absolute Gasteiger partial charge is 0.256 e. The SMILES string of the molecule is c1ccc2cc(-c3cc(-c4ccc5cc(-c6ccc7cnc(-c8ccc(-c9nc(-c%10ccc%11ccccc%11c%10)cc(-c%10cc%11ccccc%11c%11ccccc%10%11)n9)cc8)cc7c6)ccc5c4)nc(-c4ccc(-c5cccc6cccnc56)cc4)n3)ccc2c1. The molecule has 4 aromatic heterocycles. The lowest BCUT2D eigenvalue weighted by atomic mass is 9.94. The average Bonchev–Trinajstić information content (AvgIpc) is 2.02. The van der Waals surface area contributed by atoms with Crippen molar-refractivity contribution in [1.29, 1.82) is 0 Å². The number of pyridine rings is 2. The lowest BCUT2D eigenvalue weighted by Gasteiger charge is -2.14. The maximum Gasteiger partial charge on any atom is 0.160 e. The highest BCUT2D eigenvalue weighted by molar-refractivity contribution is 6.13. The van der Waals surface area contributed by atoms with E-state index in [4.69, 9.17) is 29.9 Å². The van der Waals surface area contributed by atoms with Crippen LogP contribution >= 0.6 is 0 Å². The summed E-state index contributed by atoms with van der Waals surface area (Å²) in [5.74, 6) is 1.33. The smallest absolute Gasteiger partial charge is 0.160 e. The zero-order valence-electron chi connectivity index (χ0n) is 47.6. The number of hydrogen-bond donors (Lipinski definition) is 0. The molecule has 0 bridgehead atoms. The molecule has 88 heavy (non-hydrogen) atoms. The Morgan fingerprint density at radius 2 is 0.625 bits per heavy atom. The Kier molecular flexibility index (Phi) is 12.1. The number of aromatic nitrogens is 6. The molecule has 0 radical (unpaired) electrons. The minimum absolute atomic E-state index is 0.662. The number of rotatable bonds is 9. The van der Waals surface area contributed by atoms with Crippen molar-refractivity contribution in [2.45, 2.75) is 0 Å². The van der Waals surface area contributed by atoms with Crippen LogP contribution in [0.3, 0.4) is 0 Å². The van der Waals surface area contributed by atoms with Crippen molar-refractivity contribution >= 4 is 75.5 Å². The van der Waals surface area contributed by atoms with Crippen molar-refractivity contribution in [2.75, 3.05) is 0 Å². The average molecular weight is 1120 g/mol. The van der Waals surface area contributed by atoms with Gasteiger partial charge in [0.25, 0.3) is 0 Å². The molecule has 6 nitrogen and oxygen atoms in total. The van der Waals surface area contributed by atoms with Crippen molar-refractivity contribution in [3.63, 3.8) is 0 Å². The summed E-state index contributed by atoms with van der Waals surface area (Å²) < 4.78 is 0. The second-order valence-corrected chi connectivity index (χ2v) is 22.7. The van der Waals surface area contributed by atoms with Crippen molar-refractivity contribution in [1.82, 2.24) is 29.9 Å². The van der Waals surface area contributed by atoms with Crippen molar-refractivity contribution in [3.05, 3.63) is 304 Å². The number of para-hydroxylation sites is 1. The van der Waals surface area contributed by atoms with Gasteiger partial charge in [-0.15, -0.1) is 0 Å². The fourth-order valence-electron chi connectivity index (χ4n) is 12.7. The summed E-state index contributed by atoms with van der Waals surface area (Å²) in [4.78, 5) is 30.9. The molecule has 408 valence electrons. The van der Waals surface area contributed by atoms with Gasteiger partial charge in [0, 0.05) is 67.7 Å². The van der Waals surface area contributed by atoms with E-state index in [1.54, 1.807) is 0 Å². The first kappa shape index (κ1) is 50.6. The maximum absolute atomic E-state index is 5.35. The van der Waals surface area contributed by atoms with Crippen LogP contribution in [0.4, 0.5) is 0 Å². The molecular formula is C82H50N6. The lowest BCUT2D eigenvalue weighted by molar-refractivity contribution is 1.18. The molecule has 0 saturated carbocycles. The highest BCUT2D eigenvalue weighted by Crippen LogP contribution is 2.39. The minimum Gasteiger partial charge on any atom is -0.256 e. The van der Waals surface area contributed by atoms with Gasteiger partial charge in [0.15, 0.2) is 11.6 Å². The Bertz CT molecular complexity index is 5630. The van der Waals surface area contributed by atoms with Gasteiger partial charge in [0.2, 0.25) is 0 Å². The van der Waals surface area contributed by atoms with E-state index < -0.39 is 0 Å². The van der Waals surface area contributed by atoms with Crippen LogP contribution in [-0.4, -0.2) is 29.9 Å². The Labute approximate surface area is 507 Å². The number of nitrogens with zero attached hydrogens (tertiary/aromatic N) is 6. The third kappa shape index (κ3) is 9.24. The third-order valence-corrected chi connectivity index (χ3v) is 17.3. The van der Waals surface area contributed by atoms with Crippen LogP contribution in [0.1, 0.15) is 0 Å². The summed E-state index contributed by atoms with van der Waals surface area (Å²) in [5, 5.41) is 15.0. The van der Waals surface area contributed by atoms with Crippen molar-refractivity contribution < 1.29 is 0 Å². The summed E-state index contributed by atoms with van der Waals surface area (Å²) in [7, 11) is 0. The Morgan fingerprint density at radius 3 is 1.26 bits per heavy atom. The first-order valence-corrected chi connectivity index (χ1v) is 29.7. The third-order valence-electron chi connectivity index (χ3n) is 17.3. The first-order chi connectivity index (χ1) is 43.5. The van der Waals surface area contributed by atoms with E-state index in [1.165, 1.54) is 37.7 Å². The lowest BCUT2D eigenvalue weighted by Crippen LogP contribution is -1.97. The van der Waals surface area contributed by atoms with Crippen LogP contribution < -0.4 is 0 Å². The monoisotopic (exact) mass is 1120 g/mol. The van der Waals surface area contributed by atoms with E-state index in [-0.39, 0.29) is 0 Å². The quantitative estimate of drug-likeness (QED) is 0.134. The molecule has 0 aliphatic rings. The molecule has 17 rings (SSSR count).